The summed E-state index contributed by atoms with van der Waals surface area (Å²) in [6.07, 6.45) is 3.18. The number of halogens is 1. The summed E-state index contributed by atoms with van der Waals surface area (Å²) in [6, 6.07) is 12.3. The molecular weight excluding hydrogens is 414 g/mol. The predicted molar refractivity (Wildman–Crippen MR) is 112 cm³/mol. The van der Waals surface area contributed by atoms with Gasteiger partial charge in [-0.25, -0.2) is 13.2 Å². The van der Waals surface area contributed by atoms with Crippen LogP contribution in [0, 0.1) is 0 Å². The average molecular weight is 436 g/mol. The van der Waals surface area contributed by atoms with Crippen molar-refractivity contribution in [3.63, 3.8) is 0 Å². The molecule has 0 unspecified atom stereocenters. The average Bonchev–Trinajstić information content (AvgIpc) is 3.25. The van der Waals surface area contributed by atoms with Gasteiger partial charge in [0.05, 0.1) is 28.8 Å². The van der Waals surface area contributed by atoms with Crippen LogP contribution in [-0.4, -0.2) is 40.2 Å². The van der Waals surface area contributed by atoms with Crippen LogP contribution in [0.1, 0.15) is 23.2 Å². The zero-order valence-corrected chi connectivity index (χ0v) is 17.4. The van der Waals surface area contributed by atoms with Crippen LogP contribution in [0.15, 0.2) is 66.1 Å². The highest BCUT2D eigenvalue weighted by Gasteiger charge is 2.25. The smallest absolute Gasteiger partial charge is 0.338 e. The zero-order chi connectivity index (χ0) is 20.9. The van der Waals surface area contributed by atoms with Gasteiger partial charge in [-0.15, -0.1) is 6.58 Å². The molecule has 154 valence electrons. The maximum atomic E-state index is 13.2. The van der Waals surface area contributed by atoms with Crippen molar-refractivity contribution < 1.29 is 22.7 Å². The second-order valence-corrected chi connectivity index (χ2v) is 8.86. The minimum atomic E-state index is -3.93. The Kier molecular flexibility index (Phi) is 6.95. The lowest BCUT2D eigenvalue weighted by Gasteiger charge is -2.23. The Balaban J connectivity index is 1.83. The lowest BCUT2D eigenvalue weighted by atomic mass is 10.2. The van der Waals surface area contributed by atoms with Gasteiger partial charge in [0.25, 0.3) is 10.0 Å². The predicted octanol–water partition coefficient (Wildman–Crippen LogP) is 4.06. The molecule has 1 fully saturated rings. The summed E-state index contributed by atoms with van der Waals surface area (Å²) in [7, 11) is -3.93. The second-order valence-electron chi connectivity index (χ2n) is 6.56. The first-order valence-corrected chi connectivity index (χ1v) is 11.0. The number of rotatable bonds is 8. The van der Waals surface area contributed by atoms with Gasteiger partial charge in [-0.2, -0.15) is 0 Å². The Hall–Kier alpha value is -2.35. The third kappa shape index (κ3) is 5.18. The SMILES string of the molecule is C=CCN(c1ccc(Cl)cc1)S(=O)(=O)c1cccc(C(=O)OC[C@@H]2CCCO2)c1. The number of ether oxygens (including phenoxy) is 2. The molecule has 0 aliphatic carbocycles. The molecule has 1 aliphatic heterocycles. The number of hydrogen-bond acceptors (Lipinski definition) is 5. The lowest BCUT2D eigenvalue weighted by Crippen LogP contribution is -2.31. The van der Waals surface area contributed by atoms with Crippen molar-refractivity contribution in [1.82, 2.24) is 0 Å². The van der Waals surface area contributed by atoms with E-state index in [1.807, 2.05) is 0 Å². The van der Waals surface area contributed by atoms with Gasteiger partial charge in [0.2, 0.25) is 0 Å². The van der Waals surface area contributed by atoms with Crippen molar-refractivity contribution in [2.75, 3.05) is 24.1 Å². The highest BCUT2D eigenvalue weighted by atomic mass is 35.5. The molecule has 2 aromatic rings. The topological polar surface area (TPSA) is 72.9 Å². The van der Waals surface area contributed by atoms with Crippen LogP contribution in [-0.2, 0) is 19.5 Å². The van der Waals surface area contributed by atoms with E-state index in [1.165, 1.54) is 34.6 Å². The van der Waals surface area contributed by atoms with E-state index in [0.717, 1.165) is 12.8 Å². The molecule has 0 aromatic heterocycles. The first-order valence-electron chi connectivity index (χ1n) is 9.20. The van der Waals surface area contributed by atoms with Crippen LogP contribution < -0.4 is 4.31 Å². The fourth-order valence-corrected chi connectivity index (χ4v) is 4.61. The summed E-state index contributed by atoms with van der Waals surface area (Å²) in [4.78, 5) is 12.4. The van der Waals surface area contributed by atoms with E-state index in [2.05, 4.69) is 6.58 Å². The molecule has 0 bridgehead atoms. The van der Waals surface area contributed by atoms with Crippen LogP contribution in [0.25, 0.3) is 0 Å². The van der Waals surface area contributed by atoms with E-state index in [0.29, 0.717) is 17.3 Å². The van der Waals surface area contributed by atoms with Crippen molar-refractivity contribution in [3.8, 4) is 0 Å². The zero-order valence-electron chi connectivity index (χ0n) is 15.8. The Morgan fingerprint density at radius 3 is 2.69 bits per heavy atom. The number of benzene rings is 2. The number of nitrogens with zero attached hydrogens (tertiary/aromatic N) is 1. The van der Waals surface area contributed by atoms with E-state index in [-0.39, 0.29) is 29.7 Å². The van der Waals surface area contributed by atoms with Gasteiger partial charge in [-0.05, 0) is 55.3 Å². The van der Waals surface area contributed by atoms with E-state index in [4.69, 9.17) is 21.1 Å². The van der Waals surface area contributed by atoms with Gasteiger partial charge in [-0.3, -0.25) is 4.31 Å². The fourth-order valence-electron chi connectivity index (χ4n) is 3.01. The van der Waals surface area contributed by atoms with Gasteiger partial charge in [-0.1, -0.05) is 23.7 Å². The third-order valence-electron chi connectivity index (χ3n) is 4.49. The van der Waals surface area contributed by atoms with Crippen molar-refractivity contribution in [3.05, 3.63) is 71.8 Å². The molecule has 1 saturated heterocycles. The van der Waals surface area contributed by atoms with Gasteiger partial charge < -0.3 is 9.47 Å². The van der Waals surface area contributed by atoms with Gasteiger partial charge in [0, 0.05) is 11.6 Å². The minimum absolute atomic E-state index is 0.0131. The maximum absolute atomic E-state index is 13.2. The van der Waals surface area contributed by atoms with E-state index >= 15 is 0 Å². The quantitative estimate of drug-likeness (QED) is 0.462. The molecule has 2 aromatic carbocycles. The van der Waals surface area contributed by atoms with Crippen molar-refractivity contribution in [2.24, 2.45) is 0 Å². The highest BCUT2D eigenvalue weighted by molar-refractivity contribution is 7.92. The summed E-state index contributed by atoms with van der Waals surface area (Å²) in [5.41, 5.74) is 0.611. The lowest BCUT2D eigenvalue weighted by molar-refractivity contribution is 0.0161. The molecule has 6 nitrogen and oxygen atoms in total. The number of esters is 1. The first kappa shape index (κ1) is 21.4. The van der Waals surface area contributed by atoms with Gasteiger partial charge in [0.1, 0.15) is 6.61 Å². The minimum Gasteiger partial charge on any atom is -0.459 e. The van der Waals surface area contributed by atoms with Crippen LogP contribution in [0.5, 0.6) is 0 Å². The van der Waals surface area contributed by atoms with Crippen LogP contribution >= 0.6 is 11.6 Å². The Morgan fingerprint density at radius 2 is 2.03 bits per heavy atom. The molecule has 0 N–H and O–H groups in total. The van der Waals surface area contributed by atoms with Crippen molar-refractivity contribution in [2.45, 2.75) is 23.8 Å². The summed E-state index contributed by atoms with van der Waals surface area (Å²) in [5, 5.41) is 0.501. The summed E-state index contributed by atoms with van der Waals surface area (Å²) < 4.78 is 38.4. The van der Waals surface area contributed by atoms with E-state index in [9.17, 15) is 13.2 Å². The molecule has 1 heterocycles. The Labute approximate surface area is 175 Å². The molecule has 0 amide bonds. The summed E-state index contributed by atoms with van der Waals surface area (Å²) >= 11 is 5.91. The Bertz CT molecular complexity index is 969. The number of carbonyl (C=O) groups excluding carboxylic acids is 1. The standard InChI is InChI=1S/C21H22ClNO5S/c1-2-12-23(18-10-8-17(22)9-11-18)29(25,26)20-7-3-5-16(14-20)21(24)28-15-19-6-4-13-27-19/h2-3,5,7-11,14,19H,1,4,6,12-13,15H2/t19-/m0/s1. The van der Waals surface area contributed by atoms with Gasteiger partial charge in [0.15, 0.2) is 0 Å². The van der Waals surface area contributed by atoms with Crippen LogP contribution in [0.2, 0.25) is 5.02 Å². The molecule has 8 heteroatoms. The second kappa shape index (κ2) is 9.43. The molecule has 0 radical (unpaired) electrons. The third-order valence-corrected chi connectivity index (χ3v) is 6.53. The van der Waals surface area contributed by atoms with Gasteiger partial charge >= 0.3 is 5.97 Å². The molecule has 29 heavy (non-hydrogen) atoms. The Morgan fingerprint density at radius 1 is 1.28 bits per heavy atom. The van der Waals surface area contributed by atoms with Crippen molar-refractivity contribution in [1.29, 1.82) is 0 Å². The number of carbonyl (C=O) groups is 1. The molecule has 0 saturated carbocycles. The summed E-state index contributed by atoms with van der Waals surface area (Å²) in [5.74, 6) is -0.584. The number of sulfonamides is 1. The fraction of sp³-hybridized carbons (Fsp3) is 0.286. The van der Waals surface area contributed by atoms with Crippen LogP contribution in [0.4, 0.5) is 5.69 Å². The highest BCUT2D eigenvalue weighted by Crippen LogP contribution is 2.26. The molecule has 3 rings (SSSR count). The van der Waals surface area contributed by atoms with Crippen molar-refractivity contribution >= 4 is 33.3 Å². The monoisotopic (exact) mass is 435 g/mol. The maximum Gasteiger partial charge on any atom is 0.338 e. The van der Waals surface area contributed by atoms with E-state index in [1.54, 1.807) is 24.3 Å². The van der Waals surface area contributed by atoms with E-state index < -0.39 is 16.0 Å². The molecule has 0 spiro atoms. The van der Waals surface area contributed by atoms with Crippen LogP contribution in [0.3, 0.4) is 0 Å². The number of hydrogen-bond donors (Lipinski definition) is 0. The normalized spacial score (nSPS) is 16.4. The summed E-state index contributed by atoms with van der Waals surface area (Å²) in [6.45, 7) is 4.53. The largest absolute Gasteiger partial charge is 0.459 e. The number of anilines is 1. The first-order chi connectivity index (χ1) is 13.9. The molecule has 1 aliphatic rings. The molecular formula is C21H22ClNO5S. The molecule has 1 atom stereocenters.